The minimum absolute atomic E-state index is 0.200. The maximum atomic E-state index is 12.2. The number of carbonyl (C=O) groups is 1. The summed E-state index contributed by atoms with van der Waals surface area (Å²) in [7, 11) is 5.49. The summed E-state index contributed by atoms with van der Waals surface area (Å²) >= 11 is 0. The van der Waals surface area contributed by atoms with Crippen molar-refractivity contribution >= 4 is 35.0 Å². The van der Waals surface area contributed by atoms with Gasteiger partial charge in [0.05, 0.1) is 7.11 Å². The number of hydrogen-bond acceptors (Lipinski definition) is 6. The molecule has 3 rings (SSSR count). The highest BCUT2D eigenvalue weighted by molar-refractivity contribution is 6.02. The van der Waals surface area contributed by atoms with Gasteiger partial charge >= 0.3 is 0 Å². The van der Waals surface area contributed by atoms with E-state index in [4.69, 9.17) is 4.74 Å². The van der Waals surface area contributed by atoms with Crippen LogP contribution in [-0.2, 0) is 4.79 Å². The predicted octanol–water partition coefficient (Wildman–Crippen LogP) is 4.26. The Kier molecular flexibility index (Phi) is 6.64. The molecule has 0 saturated heterocycles. The molecule has 3 aromatic rings. The van der Waals surface area contributed by atoms with Crippen LogP contribution >= 0.6 is 0 Å². The van der Waals surface area contributed by atoms with Crippen LogP contribution in [0, 0.1) is 6.92 Å². The van der Waals surface area contributed by atoms with E-state index >= 15 is 0 Å². The van der Waals surface area contributed by atoms with Gasteiger partial charge in [-0.15, -0.1) is 0 Å². The molecule has 7 heteroatoms. The first kappa shape index (κ1) is 20.9. The number of hydrogen-bond donors (Lipinski definition) is 2. The fourth-order valence-electron chi connectivity index (χ4n) is 2.70. The van der Waals surface area contributed by atoms with E-state index in [9.17, 15) is 4.79 Å². The van der Waals surface area contributed by atoms with E-state index < -0.39 is 0 Å². The number of anilines is 4. The number of nitrogens with one attached hydrogen (secondary N) is 2. The van der Waals surface area contributed by atoms with Gasteiger partial charge in [0.15, 0.2) is 0 Å². The molecule has 154 valence electrons. The van der Waals surface area contributed by atoms with Crippen LogP contribution in [0.4, 0.5) is 23.0 Å². The molecular formula is C23H25N5O2. The molecule has 0 spiro atoms. The van der Waals surface area contributed by atoms with Crippen molar-refractivity contribution in [3.8, 4) is 5.75 Å². The number of amides is 1. The second-order valence-corrected chi connectivity index (χ2v) is 6.85. The second kappa shape index (κ2) is 9.56. The summed E-state index contributed by atoms with van der Waals surface area (Å²) in [5.41, 5.74) is 2.49. The van der Waals surface area contributed by atoms with E-state index in [1.165, 1.54) is 6.08 Å². The zero-order valence-electron chi connectivity index (χ0n) is 17.5. The van der Waals surface area contributed by atoms with Crippen molar-refractivity contribution in [3.63, 3.8) is 0 Å². The van der Waals surface area contributed by atoms with E-state index in [1.54, 1.807) is 13.2 Å². The quantitative estimate of drug-likeness (QED) is 0.574. The zero-order valence-corrected chi connectivity index (χ0v) is 17.5. The van der Waals surface area contributed by atoms with Gasteiger partial charge in [0.1, 0.15) is 23.2 Å². The van der Waals surface area contributed by atoms with Crippen LogP contribution in [0.5, 0.6) is 5.75 Å². The van der Waals surface area contributed by atoms with Crippen LogP contribution in [0.3, 0.4) is 0 Å². The summed E-state index contributed by atoms with van der Waals surface area (Å²) in [6.45, 7) is 1.86. The molecule has 7 nitrogen and oxygen atoms in total. The molecule has 1 aromatic heterocycles. The Bertz CT molecular complexity index is 1030. The van der Waals surface area contributed by atoms with Crippen LogP contribution in [0.15, 0.2) is 60.7 Å². The van der Waals surface area contributed by atoms with Crippen molar-refractivity contribution in [2.24, 2.45) is 0 Å². The van der Waals surface area contributed by atoms with Gasteiger partial charge < -0.3 is 20.3 Å². The normalized spacial score (nSPS) is 10.7. The van der Waals surface area contributed by atoms with Gasteiger partial charge in [-0.1, -0.05) is 12.1 Å². The molecule has 0 fully saturated rings. The molecule has 2 N–H and O–H groups in total. The monoisotopic (exact) mass is 403 g/mol. The average molecular weight is 403 g/mol. The molecule has 0 radical (unpaired) electrons. The lowest BCUT2D eigenvalue weighted by Gasteiger charge is -2.14. The first-order chi connectivity index (χ1) is 14.4. The fourth-order valence-corrected chi connectivity index (χ4v) is 2.70. The average Bonchev–Trinajstić information content (AvgIpc) is 2.73. The molecule has 1 heterocycles. The molecule has 0 saturated carbocycles. The van der Waals surface area contributed by atoms with Gasteiger partial charge in [0, 0.05) is 37.6 Å². The highest BCUT2D eigenvalue weighted by Gasteiger charge is 2.05. The molecule has 0 aliphatic rings. The minimum Gasteiger partial charge on any atom is -0.497 e. The van der Waals surface area contributed by atoms with Crippen molar-refractivity contribution in [1.82, 2.24) is 9.97 Å². The van der Waals surface area contributed by atoms with Crippen molar-refractivity contribution in [2.75, 3.05) is 36.7 Å². The van der Waals surface area contributed by atoms with E-state index in [0.29, 0.717) is 17.3 Å². The van der Waals surface area contributed by atoms with E-state index in [-0.39, 0.29) is 5.91 Å². The standard InChI is InChI=1S/C23H25N5O2/c1-16-24-21(15-22(25-16)28(2)3)26-18-8-10-19(11-9-18)27-23(29)14-7-17-5-12-20(30-4)13-6-17/h5-15H,1-4H3,(H,27,29)(H,24,25,26)/b14-7+. The molecule has 0 aliphatic heterocycles. The zero-order chi connectivity index (χ0) is 21.5. The molecular weight excluding hydrogens is 378 g/mol. The maximum Gasteiger partial charge on any atom is 0.248 e. The van der Waals surface area contributed by atoms with Crippen LogP contribution in [-0.4, -0.2) is 37.1 Å². The fraction of sp³-hybridized carbons (Fsp3) is 0.174. The number of rotatable bonds is 7. The molecule has 0 unspecified atom stereocenters. The lowest BCUT2D eigenvalue weighted by Crippen LogP contribution is -2.12. The molecule has 2 aromatic carbocycles. The maximum absolute atomic E-state index is 12.2. The SMILES string of the molecule is COc1ccc(/C=C/C(=O)Nc2ccc(Nc3cc(N(C)C)nc(C)n3)cc2)cc1. The molecule has 0 bridgehead atoms. The van der Waals surface area contributed by atoms with Gasteiger partial charge in [-0.3, -0.25) is 4.79 Å². The van der Waals surface area contributed by atoms with Gasteiger partial charge in [0.2, 0.25) is 5.91 Å². The van der Waals surface area contributed by atoms with E-state index in [1.807, 2.05) is 80.5 Å². The smallest absolute Gasteiger partial charge is 0.248 e. The van der Waals surface area contributed by atoms with Crippen molar-refractivity contribution in [3.05, 3.63) is 72.1 Å². The number of aromatic nitrogens is 2. The third-order valence-corrected chi connectivity index (χ3v) is 4.25. The summed E-state index contributed by atoms with van der Waals surface area (Å²) < 4.78 is 5.13. The first-order valence-corrected chi connectivity index (χ1v) is 9.46. The highest BCUT2D eigenvalue weighted by atomic mass is 16.5. The topological polar surface area (TPSA) is 79.4 Å². The number of carbonyl (C=O) groups excluding carboxylic acids is 1. The lowest BCUT2D eigenvalue weighted by molar-refractivity contribution is -0.111. The van der Waals surface area contributed by atoms with Crippen LogP contribution in [0.2, 0.25) is 0 Å². The second-order valence-electron chi connectivity index (χ2n) is 6.85. The Morgan fingerprint density at radius 3 is 2.30 bits per heavy atom. The number of ether oxygens (including phenoxy) is 1. The highest BCUT2D eigenvalue weighted by Crippen LogP contribution is 2.20. The Labute approximate surface area is 176 Å². The molecule has 1 amide bonds. The van der Waals surface area contributed by atoms with Crippen molar-refractivity contribution in [2.45, 2.75) is 6.92 Å². The van der Waals surface area contributed by atoms with Gasteiger partial charge in [0.25, 0.3) is 0 Å². The predicted molar refractivity (Wildman–Crippen MR) is 121 cm³/mol. The van der Waals surface area contributed by atoms with Crippen LogP contribution in [0.25, 0.3) is 6.08 Å². The largest absolute Gasteiger partial charge is 0.497 e. The van der Waals surface area contributed by atoms with E-state index in [0.717, 1.165) is 22.8 Å². The third kappa shape index (κ3) is 5.81. The number of methoxy groups -OCH3 is 1. The van der Waals surface area contributed by atoms with Crippen LogP contribution < -0.4 is 20.3 Å². The lowest BCUT2D eigenvalue weighted by atomic mass is 10.2. The summed E-state index contributed by atoms with van der Waals surface area (Å²) in [6.07, 6.45) is 3.25. The van der Waals surface area contributed by atoms with Crippen molar-refractivity contribution in [1.29, 1.82) is 0 Å². The summed E-state index contributed by atoms with van der Waals surface area (Å²) in [5, 5.41) is 6.11. The number of nitrogens with zero attached hydrogens (tertiary/aromatic N) is 3. The molecule has 30 heavy (non-hydrogen) atoms. The Hall–Kier alpha value is -3.87. The first-order valence-electron chi connectivity index (χ1n) is 9.46. The Morgan fingerprint density at radius 1 is 1.00 bits per heavy atom. The Morgan fingerprint density at radius 2 is 1.67 bits per heavy atom. The van der Waals surface area contributed by atoms with Crippen LogP contribution in [0.1, 0.15) is 11.4 Å². The summed E-state index contributed by atoms with van der Waals surface area (Å²) in [4.78, 5) is 22.9. The third-order valence-electron chi connectivity index (χ3n) is 4.25. The van der Waals surface area contributed by atoms with Gasteiger partial charge in [-0.25, -0.2) is 9.97 Å². The molecule has 0 atom stereocenters. The van der Waals surface area contributed by atoms with Gasteiger partial charge in [-0.2, -0.15) is 0 Å². The van der Waals surface area contributed by atoms with E-state index in [2.05, 4.69) is 20.6 Å². The van der Waals surface area contributed by atoms with Crippen molar-refractivity contribution < 1.29 is 9.53 Å². The number of benzene rings is 2. The Balaban J connectivity index is 1.60. The minimum atomic E-state index is -0.200. The van der Waals surface area contributed by atoms with Gasteiger partial charge in [-0.05, 0) is 55.0 Å². The summed E-state index contributed by atoms with van der Waals surface area (Å²) in [6, 6.07) is 16.8. The molecule has 0 aliphatic carbocycles. The number of aryl methyl sites for hydroxylation is 1. The summed E-state index contributed by atoms with van der Waals surface area (Å²) in [5.74, 6) is 2.81.